The predicted molar refractivity (Wildman–Crippen MR) is 98.5 cm³/mol. The van der Waals surface area contributed by atoms with Crippen LogP contribution in [0.4, 0.5) is 0 Å². The van der Waals surface area contributed by atoms with Crippen molar-refractivity contribution in [3.05, 3.63) is 30.1 Å². The number of carbonyl (C=O) groups is 2. The molecule has 0 unspecified atom stereocenters. The smallest absolute Gasteiger partial charge is 0.290 e. The van der Waals surface area contributed by atoms with E-state index in [-0.39, 0.29) is 19.0 Å². The van der Waals surface area contributed by atoms with Crippen molar-refractivity contribution in [2.75, 3.05) is 52.5 Å². The van der Waals surface area contributed by atoms with Crippen molar-refractivity contribution in [3.63, 3.8) is 0 Å². The Hall–Kier alpha value is -2.07. The molecule has 0 bridgehead atoms. The first-order chi connectivity index (χ1) is 13.1. The zero-order valence-electron chi connectivity index (χ0n) is 15.4. The van der Waals surface area contributed by atoms with Crippen molar-refractivity contribution in [3.8, 4) is 0 Å². The number of rotatable bonds is 5. The summed E-state index contributed by atoms with van der Waals surface area (Å²) in [5, 5.41) is 24.0. The third-order valence-corrected chi connectivity index (χ3v) is 4.57. The predicted octanol–water partition coefficient (Wildman–Crippen LogP) is -0.349. The Morgan fingerprint density at radius 1 is 1.04 bits per heavy atom. The minimum Gasteiger partial charge on any atom is -0.483 e. The van der Waals surface area contributed by atoms with E-state index in [1.807, 2.05) is 24.5 Å². The normalized spacial score (nSPS) is 22.7. The number of morpholine rings is 1. The van der Waals surface area contributed by atoms with Crippen LogP contribution in [0.2, 0.25) is 0 Å². The van der Waals surface area contributed by atoms with Crippen molar-refractivity contribution in [2.45, 2.75) is 12.5 Å². The summed E-state index contributed by atoms with van der Waals surface area (Å²) < 4.78 is 5.37. The molecule has 2 saturated heterocycles. The molecule has 3 N–H and O–H groups in total. The van der Waals surface area contributed by atoms with E-state index in [1.54, 1.807) is 0 Å². The van der Waals surface area contributed by atoms with Crippen LogP contribution < -0.4 is 0 Å². The van der Waals surface area contributed by atoms with Gasteiger partial charge < -0.3 is 20.1 Å². The molecule has 3 heterocycles. The van der Waals surface area contributed by atoms with Gasteiger partial charge >= 0.3 is 0 Å². The van der Waals surface area contributed by atoms with E-state index in [1.165, 1.54) is 5.56 Å². The quantitative estimate of drug-likeness (QED) is 0.585. The molecular formula is C18H29N3O6. The fourth-order valence-electron chi connectivity index (χ4n) is 3.25. The van der Waals surface area contributed by atoms with Crippen LogP contribution in [0, 0.1) is 5.92 Å². The van der Waals surface area contributed by atoms with Gasteiger partial charge in [-0.1, -0.05) is 0 Å². The second-order valence-corrected chi connectivity index (χ2v) is 6.31. The van der Waals surface area contributed by atoms with Crippen molar-refractivity contribution < 1.29 is 29.6 Å². The molecule has 27 heavy (non-hydrogen) atoms. The lowest BCUT2D eigenvalue weighted by atomic mass is 9.97. The Bertz CT molecular complexity index is 507. The topological polar surface area (TPSA) is 123 Å². The average Bonchev–Trinajstić information content (AvgIpc) is 3.03. The minimum absolute atomic E-state index is 0.206. The third-order valence-electron chi connectivity index (χ3n) is 4.57. The number of aliphatic hydroxyl groups excluding tert-OH is 1. The van der Waals surface area contributed by atoms with Crippen molar-refractivity contribution in [1.29, 1.82) is 0 Å². The summed E-state index contributed by atoms with van der Waals surface area (Å²) in [4.78, 5) is 25.6. The number of pyridine rings is 1. The third kappa shape index (κ3) is 9.43. The highest BCUT2D eigenvalue weighted by molar-refractivity contribution is 5.33. The lowest BCUT2D eigenvalue weighted by molar-refractivity contribution is -0.123. The summed E-state index contributed by atoms with van der Waals surface area (Å²) in [6.45, 7) is 7.21. The summed E-state index contributed by atoms with van der Waals surface area (Å²) in [6.07, 6.45) is 4.39. The average molecular weight is 383 g/mol. The number of hydrogen-bond acceptors (Lipinski definition) is 7. The molecule has 1 aromatic heterocycles. The van der Waals surface area contributed by atoms with Crippen LogP contribution in [-0.4, -0.2) is 102 Å². The van der Waals surface area contributed by atoms with Gasteiger partial charge in [-0.15, -0.1) is 0 Å². The maximum atomic E-state index is 10.3. The highest BCUT2D eigenvalue weighted by atomic mass is 16.5. The molecule has 2 fully saturated rings. The van der Waals surface area contributed by atoms with Crippen LogP contribution in [0.3, 0.4) is 0 Å². The molecule has 2 aliphatic heterocycles. The summed E-state index contributed by atoms with van der Waals surface area (Å²) in [5.41, 5.74) is 1.27. The van der Waals surface area contributed by atoms with Crippen LogP contribution >= 0.6 is 0 Å². The molecule has 3 rings (SSSR count). The van der Waals surface area contributed by atoms with Gasteiger partial charge in [-0.05, 0) is 24.1 Å². The SMILES string of the molecule is O=CO.O=CO.O[C@H]1CN(CCN2CCOCC2)C[C@H]1Cc1ccncc1. The van der Waals surface area contributed by atoms with Crippen molar-refractivity contribution in [1.82, 2.24) is 14.8 Å². The molecule has 0 aliphatic carbocycles. The van der Waals surface area contributed by atoms with Gasteiger partial charge in [-0.3, -0.25) is 24.4 Å². The largest absolute Gasteiger partial charge is 0.483 e. The van der Waals surface area contributed by atoms with Crippen LogP contribution in [0.15, 0.2) is 24.5 Å². The van der Waals surface area contributed by atoms with E-state index in [0.717, 1.165) is 58.9 Å². The van der Waals surface area contributed by atoms with Gasteiger partial charge in [0.05, 0.1) is 19.3 Å². The Kier molecular flexibility index (Phi) is 11.9. The Labute approximate surface area is 159 Å². The van der Waals surface area contributed by atoms with Crippen LogP contribution in [-0.2, 0) is 20.7 Å². The maximum absolute atomic E-state index is 10.3. The van der Waals surface area contributed by atoms with Crippen molar-refractivity contribution >= 4 is 12.9 Å². The molecule has 9 heteroatoms. The molecule has 0 saturated carbocycles. The second kappa shape index (κ2) is 14.0. The summed E-state index contributed by atoms with van der Waals surface area (Å²) in [5.74, 6) is 0.345. The first-order valence-electron chi connectivity index (χ1n) is 8.89. The lowest BCUT2D eigenvalue weighted by Gasteiger charge is -2.28. The fourth-order valence-corrected chi connectivity index (χ4v) is 3.25. The molecule has 152 valence electrons. The first-order valence-corrected chi connectivity index (χ1v) is 8.89. The number of hydrogen-bond donors (Lipinski definition) is 3. The standard InChI is InChI=1S/C16H25N3O2.2CH2O2/c20-16-13-19(6-5-18-7-9-21-10-8-18)12-15(16)11-14-1-3-17-4-2-14;2*2-1-3/h1-4,15-16,20H,5-13H2;2*1H,(H,2,3)/t15-,16+;;/m1../s1. The monoisotopic (exact) mass is 383 g/mol. The number of carboxylic acid groups (broad SMARTS) is 2. The maximum Gasteiger partial charge on any atom is 0.290 e. The van der Waals surface area contributed by atoms with E-state index in [9.17, 15) is 5.11 Å². The molecule has 1 aromatic rings. The first kappa shape index (κ1) is 23.0. The Morgan fingerprint density at radius 3 is 2.19 bits per heavy atom. The summed E-state index contributed by atoms with van der Waals surface area (Å²) in [7, 11) is 0. The number of likely N-dealkylation sites (tertiary alicyclic amines) is 1. The molecule has 2 atom stereocenters. The molecule has 0 radical (unpaired) electrons. The van der Waals surface area contributed by atoms with Gasteiger partial charge in [0.15, 0.2) is 0 Å². The van der Waals surface area contributed by atoms with E-state index >= 15 is 0 Å². The second-order valence-electron chi connectivity index (χ2n) is 6.31. The van der Waals surface area contributed by atoms with E-state index in [4.69, 9.17) is 24.5 Å². The Morgan fingerprint density at radius 2 is 1.59 bits per heavy atom. The van der Waals surface area contributed by atoms with Gasteiger partial charge in [0.2, 0.25) is 0 Å². The van der Waals surface area contributed by atoms with Crippen LogP contribution in [0.1, 0.15) is 5.56 Å². The molecule has 0 amide bonds. The van der Waals surface area contributed by atoms with Gasteiger partial charge in [-0.25, -0.2) is 0 Å². The molecule has 0 aromatic carbocycles. The number of aliphatic hydroxyl groups is 1. The molecular weight excluding hydrogens is 354 g/mol. The highest BCUT2D eigenvalue weighted by Gasteiger charge is 2.31. The highest BCUT2D eigenvalue weighted by Crippen LogP contribution is 2.21. The lowest BCUT2D eigenvalue weighted by Crippen LogP contribution is -2.41. The van der Waals surface area contributed by atoms with Crippen LogP contribution in [0.5, 0.6) is 0 Å². The number of β-amino-alcohol motifs (C(OH)–C–C–N with tert-alkyl or cyclic N) is 1. The molecule has 0 spiro atoms. The zero-order valence-corrected chi connectivity index (χ0v) is 15.4. The number of ether oxygens (including phenoxy) is 1. The van der Waals surface area contributed by atoms with Gasteiger partial charge in [0.1, 0.15) is 0 Å². The van der Waals surface area contributed by atoms with Gasteiger partial charge in [0, 0.05) is 57.6 Å². The summed E-state index contributed by atoms with van der Waals surface area (Å²) >= 11 is 0. The molecule has 9 nitrogen and oxygen atoms in total. The van der Waals surface area contributed by atoms with Crippen molar-refractivity contribution in [2.24, 2.45) is 5.92 Å². The van der Waals surface area contributed by atoms with E-state index < -0.39 is 0 Å². The molecule has 2 aliphatic rings. The van der Waals surface area contributed by atoms with E-state index in [0.29, 0.717) is 5.92 Å². The van der Waals surface area contributed by atoms with Gasteiger partial charge in [-0.2, -0.15) is 0 Å². The van der Waals surface area contributed by atoms with E-state index in [2.05, 4.69) is 14.8 Å². The fraction of sp³-hybridized carbons (Fsp3) is 0.611. The Balaban J connectivity index is 0.000000540. The zero-order chi connectivity index (χ0) is 19.9. The number of nitrogens with zero attached hydrogens (tertiary/aromatic N) is 3. The summed E-state index contributed by atoms with van der Waals surface area (Å²) in [6, 6.07) is 4.09. The van der Waals surface area contributed by atoms with Crippen LogP contribution in [0.25, 0.3) is 0 Å². The van der Waals surface area contributed by atoms with Gasteiger partial charge in [0.25, 0.3) is 12.9 Å². The number of aromatic nitrogens is 1. The minimum atomic E-state index is -0.250.